The van der Waals surface area contributed by atoms with E-state index in [1.165, 1.54) is 12.8 Å². The van der Waals surface area contributed by atoms with Crippen LogP contribution in [0.2, 0.25) is 0 Å². The zero-order valence-electron chi connectivity index (χ0n) is 10.8. The van der Waals surface area contributed by atoms with Crippen molar-refractivity contribution in [1.82, 2.24) is 9.80 Å². The Morgan fingerprint density at radius 1 is 1.18 bits per heavy atom. The first-order valence-corrected chi connectivity index (χ1v) is 7.93. The van der Waals surface area contributed by atoms with Gasteiger partial charge in [-0.1, -0.05) is 13.3 Å². The Kier molecular flexibility index (Phi) is 5.85. The van der Waals surface area contributed by atoms with Gasteiger partial charge in [0, 0.05) is 25.4 Å². The van der Waals surface area contributed by atoms with Crippen LogP contribution in [-0.4, -0.2) is 60.9 Å². The van der Waals surface area contributed by atoms with Crippen LogP contribution in [0.15, 0.2) is 0 Å². The maximum Gasteiger partial charge on any atom is 0.0946 e. The van der Waals surface area contributed by atoms with Crippen molar-refractivity contribution in [2.75, 3.05) is 31.9 Å². The first-order valence-electron chi connectivity index (χ1n) is 6.35. The minimum absolute atomic E-state index is 0.245. The summed E-state index contributed by atoms with van der Waals surface area (Å²) in [5, 5.41) is 0. The third-order valence-electron chi connectivity index (χ3n) is 3.37. The van der Waals surface area contributed by atoms with Crippen LogP contribution in [0, 0.1) is 0 Å². The summed E-state index contributed by atoms with van der Waals surface area (Å²) in [6.07, 6.45) is 3.21. The van der Waals surface area contributed by atoms with E-state index in [2.05, 4.69) is 23.6 Å². The van der Waals surface area contributed by atoms with Crippen molar-refractivity contribution in [3.63, 3.8) is 0 Å². The molecule has 0 aliphatic carbocycles. The Morgan fingerprint density at radius 2 is 1.71 bits per heavy atom. The topological polar surface area (TPSA) is 63.7 Å². The van der Waals surface area contributed by atoms with E-state index in [0.29, 0.717) is 19.1 Å². The highest BCUT2D eigenvalue weighted by atomic mass is 32.2. The first kappa shape index (κ1) is 14.9. The summed E-state index contributed by atoms with van der Waals surface area (Å²) in [6.45, 7) is 8.15. The molecule has 0 bridgehead atoms. The van der Waals surface area contributed by atoms with Gasteiger partial charge in [-0.3, -0.25) is 9.80 Å². The summed E-state index contributed by atoms with van der Waals surface area (Å²) in [4.78, 5) is 4.66. The summed E-state index contributed by atoms with van der Waals surface area (Å²) >= 11 is 0. The Hall–Kier alpha value is -0.170. The normalized spacial score (nSPS) is 23.4. The molecule has 0 N–H and O–H groups in total. The van der Waals surface area contributed by atoms with Gasteiger partial charge < -0.3 is 4.55 Å². The average molecular weight is 263 g/mol. The minimum atomic E-state index is -4.05. The van der Waals surface area contributed by atoms with Crippen LogP contribution in [0.5, 0.6) is 0 Å². The van der Waals surface area contributed by atoms with Crippen LogP contribution in [0.1, 0.15) is 33.1 Å². The molecule has 0 aromatic carbocycles. The molecule has 1 aliphatic rings. The molecular formula is C11H23N2O3S-. The van der Waals surface area contributed by atoms with Crippen molar-refractivity contribution in [2.45, 2.75) is 39.3 Å². The molecule has 1 heterocycles. The van der Waals surface area contributed by atoms with Gasteiger partial charge in [0.25, 0.3) is 0 Å². The second-order valence-corrected chi connectivity index (χ2v) is 6.20. The molecule has 0 amide bonds. The van der Waals surface area contributed by atoms with Crippen LogP contribution >= 0.6 is 0 Å². The molecule has 1 fully saturated rings. The lowest BCUT2D eigenvalue weighted by molar-refractivity contribution is 0.152. The highest BCUT2D eigenvalue weighted by Gasteiger charge is 2.26. The number of hydrogen-bond donors (Lipinski definition) is 0. The molecule has 0 aromatic rings. The summed E-state index contributed by atoms with van der Waals surface area (Å²) in [5.74, 6) is -0.245. The highest BCUT2D eigenvalue weighted by molar-refractivity contribution is 7.85. The number of hydrogen-bond acceptors (Lipinski definition) is 5. The second kappa shape index (κ2) is 6.68. The summed E-state index contributed by atoms with van der Waals surface area (Å²) in [7, 11) is -4.05. The van der Waals surface area contributed by atoms with Crippen molar-refractivity contribution in [2.24, 2.45) is 0 Å². The van der Waals surface area contributed by atoms with Crippen LogP contribution in [0.3, 0.4) is 0 Å². The van der Waals surface area contributed by atoms with E-state index >= 15 is 0 Å². The first-order chi connectivity index (χ1) is 7.94. The SMILES string of the molecule is CCCCN1CCN(CCCS(=O)(=O)[O-])C1C. The maximum atomic E-state index is 10.5. The lowest BCUT2D eigenvalue weighted by Crippen LogP contribution is -2.37. The van der Waals surface area contributed by atoms with Crippen LogP contribution in [0.25, 0.3) is 0 Å². The molecule has 1 aliphatic heterocycles. The third kappa shape index (κ3) is 5.33. The van der Waals surface area contributed by atoms with Crippen LogP contribution < -0.4 is 0 Å². The van der Waals surface area contributed by atoms with Crippen molar-refractivity contribution in [1.29, 1.82) is 0 Å². The molecule has 102 valence electrons. The predicted octanol–water partition coefficient (Wildman–Crippen LogP) is 0.685. The minimum Gasteiger partial charge on any atom is -0.748 e. The maximum absolute atomic E-state index is 10.5. The van der Waals surface area contributed by atoms with Crippen LogP contribution in [0.4, 0.5) is 0 Å². The Labute approximate surface area is 105 Å². The van der Waals surface area contributed by atoms with E-state index in [0.717, 1.165) is 19.6 Å². The molecule has 6 heteroatoms. The molecule has 5 nitrogen and oxygen atoms in total. The van der Waals surface area contributed by atoms with Gasteiger partial charge in [0.05, 0.1) is 16.3 Å². The van der Waals surface area contributed by atoms with Crippen molar-refractivity contribution >= 4 is 10.1 Å². The van der Waals surface area contributed by atoms with Gasteiger partial charge in [-0.25, -0.2) is 8.42 Å². The van der Waals surface area contributed by atoms with Gasteiger partial charge in [0.15, 0.2) is 0 Å². The van der Waals surface area contributed by atoms with Crippen molar-refractivity contribution in [3.8, 4) is 0 Å². The monoisotopic (exact) mass is 263 g/mol. The Balaban J connectivity index is 2.27. The molecule has 17 heavy (non-hydrogen) atoms. The van der Waals surface area contributed by atoms with Crippen molar-refractivity contribution in [3.05, 3.63) is 0 Å². The summed E-state index contributed by atoms with van der Waals surface area (Å²) < 4.78 is 31.5. The van der Waals surface area contributed by atoms with Gasteiger partial charge in [-0.05, 0) is 26.3 Å². The van der Waals surface area contributed by atoms with Gasteiger partial charge in [0.2, 0.25) is 0 Å². The van der Waals surface area contributed by atoms with E-state index in [4.69, 9.17) is 0 Å². The summed E-state index contributed by atoms with van der Waals surface area (Å²) in [5.41, 5.74) is 0. The van der Waals surface area contributed by atoms with Gasteiger partial charge in [-0.15, -0.1) is 0 Å². The molecule has 1 saturated heterocycles. The van der Waals surface area contributed by atoms with Gasteiger partial charge >= 0.3 is 0 Å². The van der Waals surface area contributed by atoms with E-state index in [1.807, 2.05) is 0 Å². The highest BCUT2D eigenvalue weighted by Crippen LogP contribution is 2.15. The molecule has 0 saturated carbocycles. The summed E-state index contributed by atoms with van der Waals surface area (Å²) in [6, 6.07) is 0. The number of unbranched alkanes of at least 4 members (excludes halogenated alkanes) is 1. The van der Waals surface area contributed by atoms with E-state index < -0.39 is 10.1 Å². The van der Waals surface area contributed by atoms with E-state index in [-0.39, 0.29) is 5.75 Å². The van der Waals surface area contributed by atoms with E-state index in [9.17, 15) is 13.0 Å². The molecule has 0 spiro atoms. The molecule has 0 radical (unpaired) electrons. The zero-order valence-corrected chi connectivity index (χ0v) is 11.6. The lowest BCUT2D eigenvalue weighted by Gasteiger charge is -2.26. The van der Waals surface area contributed by atoms with Crippen LogP contribution in [-0.2, 0) is 10.1 Å². The van der Waals surface area contributed by atoms with E-state index in [1.54, 1.807) is 0 Å². The lowest BCUT2D eigenvalue weighted by atomic mass is 10.3. The Morgan fingerprint density at radius 3 is 2.18 bits per heavy atom. The fourth-order valence-electron chi connectivity index (χ4n) is 2.26. The molecule has 1 atom stereocenters. The van der Waals surface area contributed by atoms with Crippen molar-refractivity contribution < 1.29 is 13.0 Å². The van der Waals surface area contributed by atoms with Gasteiger partial charge in [-0.2, -0.15) is 0 Å². The fraction of sp³-hybridized carbons (Fsp3) is 1.00. The number of rotatable bonds is 7. The molecule has 0 aromatic heterocycles. The molecule has 1 rings (SSSR count). The van der Waals surface area contributed by atoms with Gasteiger partial charge in [0.1, 0.15) is 0 Å². The largest absolute Gasteiger partial charge is 0.748 e. The number of nitrogens with zero attached hydrogens (tertiary/aromatic N) is 2. The average Bonchev–Trinajstić information content (AvgIpc) is 2.56. The zero-order chi connectivity index (χ0) is 12.9. The standard InChI is InChI=1S/C11H24N2O3S/c1-3-4-6-12-8-9-13(11(12)2)7-5-10-17(14,15)16/h11H,3-10H2,1-2H3,(H,14,15,16)/p-1. The molecular weight excluding hydrogens is 240 g/mol. The molecule has 1 unspecified atom stereocenters. The Bertz CT molecular complexity index is 319. The predicted molar refractivity (Wildman–Crippen MR) is 66.7 cm³/mol. The second-order valence-electron chi connectivity index (χ2n) is 4.67. The third-order valence-corrected chi connectivity index (χ3v) is 4.16. The quantitative estimate of drug-likeness (QED) is 0.632. The fourth-order valence-corrected chi connectivity index (χ4v) is 2.75. The smallest absolute Gasteiger partial charge is 0.0946 e.